The maximum Gasteiger partial charge on any atom is 0.253 e. The monoisotopic (exact) mass is 408 g/mol. The van der Waals surface area contributed by atoms with Crippen molar-refractivity contribution >= 4 is 33.2 Å². The highest BCUT2D eigenvalue weighted by molar-refractivity contribution is 9.10. The summed E-state index contributed by atoms with van der Waals surface area (Å²) in [6, 6.07) is 10.0. The normalized spacial score (nSPS) is 15.4. The molecule has 2 aromatic rings. The third kappa shape index (κ3) is 4.66. The van der Waals surface area contributed by atoms with E-state index in [0.29, 0.717) is 6.54 Å². The maximum absolute atomic E-state index is 12.7. The van der Waals surface area contributed by atoms with E-state index < -0.39 is 0 Å². The van der Waals surface area contributed by atoms with Crippen LogP contribution in [-0.2, 0) is 17.8 Å². The van der Waals surface area contributed by atoms with Gasteiger partial charge in [-0.25, -0.2) is 0 Å². The van der Waals surface area contributed by atoms with Crippen molar-refractivity contribution in [2.24, 2.45) is 0 Å². The second-order valence-corrected chi connectivity index (χ2v) is 7.89. The zero-order valence-corrected chi connectivity index (χ0v) is 16.1. The minimum absolute atomic E-state index is 0.0587. The largest absolute Gasteiger partial charge is 0.379 e. The Kier molecular flexibility index (Phi) is 6.05. The molecule has 1 aliphatic heterocycles. The molecule has 0 saturated carbocycles. The molecule has 0 atom stereocenters. The van der Waals surface area contributed by atoms with Crippen molar-refractivity contribution in [2.75, 3.05) is 33.4 Å². The van der Waals surface area contributed by atoms with Gasteiger partial charge in [0.15, 0.2) is 0 Å². The second-order valence-electron chi connectivity index (χ2n) is 5.98. The lowest BCUT2D eigenvalue weighted by atomic mass is 10.1. The van der Waals surface area contributed by atoms with Gasteiger partial charge in [-0.3, -0.25) is 9.69 Å². The Morgan fingerprint density at radius 1 is 1.33 bits per heavy atom. The molecule has 0 spiro atoms. The number of carbonyl (C=O) groups excluding carboxylic acids is 1. The molecule has 1 aromatic carbocycles. The number of rotatable bonds is 5. The Morgan fingerprint density at radius 2 is 2.12 bits per heavy atom. The van der Waals surface area contributed by atoms with Gasteiger partial charge in [0.25, 0.3) is 5.91 Å². The van der Waals surface area contributed by atoms with E-state index in [0.717, 1.165) is 42.9 Å². The molecule has 0 aliphatic carbocycles. The summed E-state index contributed by atoms with van der Waals surface area (Å²) in [5, 5.41) is 2.04. The van der Waals surface area contributed by atoms with Gasteiger partial charge in [0, 0.05) is 47.0 Å². The number of halogens is 1. The molecule has 6 heteroatoms. The number of nitrogens with zero attached hydrogens (tertiary/aromatic N) is 2. The summed E-state index contributed by atoms with van der Waals surface area (Å²) in [4.78, 5) is 18.0. The summed E-state index contributed by atoms with van der Waals surface area (Å²) in [5.41, 5.74) is 1.92. The molecule has 0 unspecified atom stereocenters. The fourth-order valence-electron chi connectivity index (χ4n) is 2.78. The Hall–Kier alpha value is -1.21. The van der Waals surface area contributed by atoms with Crippen molar-refractivity contribution in [1.82, 2.24) is 9.80 Å². The summed E-state index contributed by atoms with van der Waals surface area (Å²) >= 11 is 5.11. The van der Waals surface area contributed by atoms with Gasteiger partial charge >= 0.3 is 0 Å². The third-order valence-electron chi connectivity index (χ3n) is 4.05. The standard InChI is InChI=1S/C18H21BrN2O2S/c1-20(12-17-10-16(19)13-24-17)18(22)15-4-2-3-14(9-15)11-21-5-7-23-8-6-21/h2-4,9-10,13H,5-8,11-12H2,1H3. The number of carbonyl (C=O) groups is 1. The lowest BCUT2D eigenvalue weighted by Crippen LogP contribution is -2.35. The van der Waals surface area contributed by atoms with E-state index in [9.17, 15) is 4.79 Å². The smallest absolute Gasteiger partial charge is 0.253 e. The van der Waals surface area contributed by atoms with Crippen molar-refractivity contribution < 1.29 is 9.53 Å². The number of hydrogen-bond donors (Lipinski definition) is 0. The quantitative estimate of drug-likeness (QED) is 0.757. The van der Waals surface area contributed by atoms with Crippen molar-refractivity contribution in [1.29, 1.82) is 0 Å². The molecule has 3 rings (SSSR count). The summed E-state index contributed by atoms with van der Waals surface area (Å²) < 4.78 is 6.45. The van der Waals surface area contributed by atoms with Crippen LogP contribution < -0.4 is 0 Å². The van der Waals surface area contributed by atoms with Crippen LogP contribution in [0, 0.1) is 0 Å². The van der Waals surface area contributed by atoms with E-state index in [1.807, 2.05) is 30.6 Å². The fraction of sp³-hybridized carbons (Fsp3) is 0.389. The zero-order valence-electron chi connectivity index (χ0n) is 13.7. The van der Waals surface area contributed by atoms with E-state index in [1.54, 1.807) is 16.2 Å². The Morgan fingerprint density at radius 3 is 2.83 bits per heavy atom. The van der Waals surface area contributed by atoms with Crippen molar-refractivity contribution in [3.8, 4) is 0 Å². The predicted molar refractivity (Wildman–Crippen MR) is 100 cm³/mol. The number of hydrogen-bond acceptors (Lipinski definition) is 4. The van der Waals surface area contributed by atoms with Gasteiger partial charge < -0.3 is 9.64 Å². The molecule has 0 N–H and O–H groups in total. The molecule has 2 heterocycles. The van der Waals surface area contributed by atoms with E-state index >= 15 is 0 Å². The lowest BCUT2D eigenvalue weighted by Gasteiger charge is -2.26. The molecule has 1 amide bonds. The van der Waals surface area contributed by atoms with Crippen molar-refractivity contribution in [3.05, 3.63) is 56.2 Å². The number of benzene rings is 1. The predicted octanol–water partition coefficient (Wildman–Crippen LogP) is 3.62. The number of ether oxygens (including phenoxy) is 1. The molecule has 0 radical (unpaired) electrons. The number of amides is 1. The van der Waals surface area contributed by atoms with Crippen molar-refractivity contribution in [2.45, 2.75) is 13.1 Å². The topological polar surface area (TPSA) is 32.8 Å². The first-order valence-corrected chi connectivity index (χ1v) is 9.66. The molecule has 1 fully saturated rings. The van der Waals surface area contributed by atoms with Crippen molar-refractivity contribution in [3.63, 3.8) is 0 Å². The summed E-state index contributed by atoms with van der Waals surface area (Å²) in [5.74, 6) is 0.0587. The highest BCUT2D eigenvalue weighted by atomic mass is 79.9. The Labute approximate surface area is 155 Å². The molecule has 4 nitrogen and oxygen atoms in total. The highest BCUT2D eigenvalue weighted by Gasteiger charge is 2.15. The lowest BCUT2D eigenvalue weighted by molar-refractivity contribution is 0.0341. The molecule has 1 aliphatic rings. The number of thiophene rings is 1. The first kappa shape index (κ1) is 17.6. The maximum atomic E-state index is 12.7. The Bertz CT molecular complexity index is 698. The second kappa shape index (κ2) is 8.25. The van der Waals surface area contributed by atoms with Crippen LogP contribution >= 0.6 is 27.3 Å². The van der Waals surface area contributed by atoms with Crippen LogP contribution in [0.5, 0.6) is 0 Å². The van der Waals surface area contributed by atoms with Gasteiger partial charge in [-0.2, -0.15) is 0 Å². The van der Waals surface area contributed by atoms with Gasteiger partial charge in [0.1, 0.15) is 0 Å². The highest BCUT2D eigenvalue weighted by Crippen LogP contribution is 2.21. The SMILES string of the molecule is CN(Cc1cc(Br)cs1)C(=O)c1cccc(CN2CCOCC2)c1. The van der Waals surface area contributed by atoms with Gasteiger partial charge in [0.05, 0.1) is 19.8 Å². The molecule has 24 heavy (non-hydrogen) atoms. The van der Waals surface area contributed by atoms with Gasteiger partial charge in [-0.1, -0.05) is 12.1 Å². The van der Waals surface area contributed by atoms with Crippen LogP contribution in [0.25, 0.3) is 0 Å². The molecule has 1 aromatic heterocycles. The van der Waals surface area contributed by atoms with E-state index in [-0.39, 0.29) is 5.91 Å². The van der Waals surface area contributed by atoms with Crippen LogP contribution in [0.4, 0.5) is 0 Å². The Balaban J connectivity index is 1.64. The first-order valence-electron chi connectivity index (χ1n) is 7.99. The summed E-state index contributed by atoms with van der Waals surface area (Å²) in [6.07, 6.45) is 0. The van der Waals surface area contributed by atoms with E-state index in [1.165, 1.54) is 10.4 Å². The molecular weight excluding hydrogens is 388 g/mol. The average Bonchev–Trinajstić information content (AvgIpc) is 3.00. The average molecular weight is 409 g/mol. The first-order chi connectivity index (χ1) is 11.6. The van der Waals surface area contributed by atoms with Crippen LogP contribution in [0.3, 0.4) is 0 Å². The van der Waals surface area contributed by atoms with E-state index in [4.69, 9.17) is 4.74 Å². The van der Waals surface area contributed by atoms with Gasteiger partial charge in [-0.15, -0.1) is 11.3 Å². The zero-order chi connectivity index (χ0) is 16.9. The van der Waals surface area contributed by atoms with Gasteiger partial charge in [-0.05, 0) is 39.7 Å². The number of morpholine rings is 1. The van der Waals surface area contributed by atoms with Crippen LogP contribution in [0.1, 0.15) is 20.8 Å². The van der Waals surface area contributed by atoms with Crippen LogP contribution in [0.2, 0.25) is 0 Å². The molecular formula is C18H21BrN2O2S. The minimum Gasteiger partial charge on any atom is -0.379 e. The van der Waals surface area contributed by atoms with Crippen LogP contribution in [-0.4, -0.2) is 49.1 Å². The molecule has 1 saturated heterocycles. The third-order valence-corrected chi connectivity index (χ3v) is 5.73. The van der Waals surface area contributed by atoms with Crippen LogP contribution in [0.15, 0.2) is 40.2 Å². The summed E-state index contributed by atoms with van der Waals surface area (Å²) in [6.45, 7) is 4.97. The summed E-state index contributed by atoms with van der Waals surface area (Å²) in [7, 11) is 1.85. The molecule has 0 bridgehead atoms. The molecule has 128 valence electrons. The van der Waals surface area contributed by atoms with Gasteiger partial charge in [0.2, 0.25) is 0 Å². The van der Waals surface area contributed by atoms with E-state index in [2.05, 4.69) is 33.0 Å². The fourth-order valence-corrected chi connectivity index (χ4v) is 4.29. The minimum atomic E-state index is 0.0587.